The molecule has 4 aliphatic rings. The van der Waals surface area contributed by atoms with E-state index in [1.54, 1.807) is 87.5 Å². The highest BCUT2D eigenvalue weighted by molar-refractivity contribution is 7.89. The van der Waals surface area contributed by atoms with E-state index in [-0.39, 0.29) is 74.3 Å². The summed E-state index contributed by atoms with van der Waals surface area (Å²) in [7, 11) is -3.89. The van der Waals surface area contributed by atoms with E-state index in [2.05, 4.69) is 38.5 Å². The van der Waals surface area contributed by atoms with Crippen molar-refractivity contribution in [2.45, 2.75) is 102 Å². The number of carbonyl (C=O) groups excluding carboxylic acids is 6. The maximum Gasteiger partial charge on any atom is 0.426 e. The maximum atomic E-state index is 13.8. The molecule has 2 fully saturated rings. The Hall–Kier alpha value is -8.56. The molecule has 0 saturated carbocycles. The summed E-state index contributed by atoms with van der Waals surface area (Å²) >= 11 is 0. The second-order valence-electron chi connectivity index (χ2n) is 22.5. The summed E-state index contributed by atoms with van der Waals surface area (Å²) in [5.41, 5.74) is 16.3. The van der Waals surface area contributed by atoms with E-state index in [0.29, 0.717) is 65.0 Å². The van der Waals surface area contributed by atoms with Gasteiger partial charge in [0.1, 0.15) is 36.7 Å². The van der Waals surface area contributed by atoms with Crippen molar-refractivity contribution in [2.24, 2.45) is 22.6 Å². The van der Waals surface area contributed by atoms with Gasteiger partial charge in [0.05, 0.1) is 10.6 Å². The van der Waals surface area contributed by atoms with Gasteiger partial charge in [-0.05, 0) is 121 Å². The van der Waals surface area contributed by atoms with Crippen LogP contribution in [0, 0.1) is 11.8 Å². The first-order chi connectivity index (χ1) is 39.6. The fraction of sp³-hybridized carbons (Fsp3) is 0.371. The fourth-order valence-corrected chi connectivity index (χ4v) is 12.2. The number of hydrazine groups is 1. The Balaban J connectivity index is 0.713. The molecule has 0 radical (unpaired) electrons. The van der Waals surface area contributed by atoms with Gasteiger partial charge in [0.15, 0.2) is 0 Å². The minimum Gasteiger partial charge on any atom is -0.448 e. The second-order valence-corrected chi connectivity index (χ2v) is 24.5. The van der Waals surface area contributed by atoms with Gasteiger partial charge >= 0.3 is 18.3 Å². The summed E-state index contributed by atoms with van der Waals surface area (Å²) < 4.78 is 45.7. The summed E-state index contributed by atoms with van der Waals surface area (Å²) in [6, 6.07) is 33.1. The summed E-state index contributed by atoms with van der Waals surface area (Å²) in [4.78, 5) is 86.0. The number of benzene rings is 5. The molecule has 2 saturated heterocycles. The average Bonchev–Trinajstić information content (AvgIpc) is 3.49. The van der Waals surface area contributed by atoms with Gasteiger partial charge in [-0.15, -0.1) is 0 Å². The minimum absolute atomic E-state index is 0.0318. The first-order valence-corrected chi connectivity index (χ1v) is 29.4. The van der Waals surface area contributed by atoms with Gasteiger partial charge in [0.2, 0.25) is 21.8 Å². The molecule has 9 rings (SSSR count). The van der Waals surface area contributed by atoms with Crippen LogP contribution in [0.2, 0.25) is 0 Å². The highest BCUT2D eigenvalue weighted by Crippen LogP contribution is 2.45. The van der Waals surface area contributed by atoms with Crippen molar-refractivity contribution in [3.05, 3.63) is 143 Å². The molecule has 83 heavy (non-hydrogen) atoms. The lowest BCUT2D eigenvalue weighted by Gasteiger charge is -2.38. The number of nitrogens with one attached hydrogen (secondary N) is 4. The van der Waals surface area contributed by atoms with Crippen molar-refractivity contribution < 1.29 is 51.4 Å². The largest absolute Gasteiger partial charge is 0.448 e. The van der Waals surface area contributed by atoms with Crippen molar-refractivity contribution in [2.75, 3.05) is 44.6 Å². The van der Waals surface area contributed by atoms with E-state index in [0.717, 1.165) is 22.3 Å². The minimum atomic E-state index is -3.89. The van der Waals surface area contributed by atoms with Crippen LogP contribution < -0.4 is 27.1 Å². The average molecular weight is 1150 g/mol. The summed E-state index contributed by atoms with van der Waals surface area (Å²) in [5.74, 6) is -1.69. The number of hydrogen-bond donors (Lipinski definition) is 5. The van der Waals surface area contributed by atoms with Gasteiger partial charge in [-0.1, -0.05) is 106 Å². The zero-order valence-corrected chi connectivity index (χ0v) is 48.3. The molecule has 6 amide bonds. The van der Waals surface area contributed by atoms with Gasteiger partial charge in [-0.2, -0.15) is 4.31 Å². The van der Waals surface area contributed by atoms with Crippen LogP contribution in [0.5, 0.6) is 0 Å². The lowest BCUT2D eigenvalue weighted by Crippen LogP contribution is -2.53. The smallest absolute Gasteiger partial charge is 0.426 e. The van der Waals surface area contributed by atoms with Gasteiger partial charge in [-0.3, -0.25) is 19.3 Å². The third-order valence-corrected chi connectivity index (χ3v) is 16.6. The SMILES string of the molecule is CCCN(NC(=O)OC(C)(C)C)C(=O)C1=Cc2ccc(-c3cccc(S(=O)(=O)N4CC(CNC(=O)OCc5ccc(NC(=O)[C@@H](NC(=O)[C@@H]6CCCN6C(=O)OCC6c7ccccc7-c7ccccc76)C(C)C)cc5)C4)c3)cc2N=C(N)C1. The molecular weight excluding hydrogens is 1080 g/mol. The number of hydrogen-bond acceptors (Lipinski definition) is 13. The third-order valence-electron chi connectivity index (χ3n) is 14.8. The van der Waals surface area contributed by atoms with Gasteiger partial charge in [0, 0.05) is 67.8 Å². The van der Waals surface area contributed by atoms with Gasteiger partial charge in [-0.25, -0.2) is 38.2 Å². The van der Waals surface area contributed by atoms with E-state index < -0.39 is 63.7 Å². The third kappa shape index (κ3) is 14.0. The van der Waals surface area contributed by atoms with Crippen molar-refractivity contribution in [3.8, 4) is 22.3 Å². The molecule has 3 heterocycles. The van der Waals surface area contributed by atoms with E-state index in [1.165, 1.54) is 20.3 Å². The molecule has 3 aliphatic heterocycles. The van der Waals surface area contributed by atoms with Crippen LogP contribution in [-0.2, 0) is 45.2 Å². The second kappa shape index (κ2) is 25.3. The zero-order chi connectivity index (χ0) is 59.2. The molecule has 20 nitrogen and oxygen atoms in total. The molecule has 0 unspecified atom stereocenters. The number of sulfonamides is 1. The molecule has 5 aromatic carbocycles. The van der Waals surface area contributed by atoms with Crippen molar-refractivity contribution in [3.63, 3.8) is 0 Å². The number of anilines is 1. The predicted molar refractivity (Wildman–Crippen MR) is 314 cm³/mol. The Bertz CT molecular complexity index is 3420. The lowest BCUT2D eigenvalue weighted by molar-refractivity contribution is -0.130. The van der Waals surface area contributed by atoms with E-state index in [1.807, 2.05) is 57.2 Å². The number of carbonyl (C=O) groups is 6. The van der Waals surface area contributed by atoms with E-state index in [9.17, 15) is 37.2 Å². The highest BCUT2D eigenvalue weighted by atomic mass is 32.2. The van der Waals surface area contributed by atoms with Crippen molar-refractivity contribution in [1.82, 2.24) is 30.3 Å². The predicted octanol–water partition coefficient (Wildman–Crippen LogP) is 8.85. The topological polar surface area (TPSA) is 260 Å². The number of nitrogens with zero attached hydrogens (tertiary/aromatic N) is 4. The van der Waals surface area contributed by atoms with Gasteiger partial charge < -0.3 is 35.9 Å². The normalized spacial score (nSPS) is 16.4. The molecule has 21 heteroatoms. The van der Waals surface area contributed by atoms with Crippen LogP contribution in [0.15, 0.2) is 131 Å². The monoisotopic (exact) mass is 1150 g/mol. The molecule has 1 aliphatic carbocycles. The molecular formula is C62H71N9O11S. The van der Waals surface area contributed by atoms with Crippen LogP contribution in [0.3, 0.4) is 0 Å². The van der Waals surface area contributed by atoms with Crippen LogP contribution in [0.4, 0.5) is 25.8 Å². The van der Waals surface area contributed by atoms with Crippen molar-refractivity contribution in [1.29, 1.82) is 0 Å². The standard InChI is InChI=1S/C62H71N9O11S/c1-7-27-71(68-60(76)82-62(4,5)6)58(74)44-29-43-24-23-42(31-52(43)66-54(63)32-44)41-14-12-15-46(30-41)83(78,79)69-34-40(35-69)33-64-59(75)80-36-39-21-25-45(26-22-39)65-57(73)55(38(2)3)67-56(72)53-20-13-28-70(53)61(77)81-37-51-49-18-10-8-16-47(49)48-17-9-11-19-50(48)51/h8-12,14-19,21-26,29-31,38,40,51,53,55H,7,13,20,27-28,32-37H2,1-6H3,(H2,63,66)(H,64,75)(H,65,73)(H,67,72)(H,68,76)/t53-,55-/m0/s1. The molecule has 0 aromatic heterocycles. The first kappa shape index (κ1) is 59.1. The maximum absolute atomic E-state index is 13.8. The molecule has 2 atom stereocenters. The lowest BCUT2D eigenvalue weighted by atomic mass is 9.98. The quantitative estimate of drug-likeness (QED) is 0.0432. The van der Waals surface area contributed by atoms with Crippen molar-refractivity contribution >= 4 is 69.3 Å². The number of likely N-dealkylation sites (tertiary alicyclic amines) is 1. The van der Waals surface area contributed by atoms with E-state index >= 15 is 0 Å². The fourth-order valence-electron chi connectivity index (χ4n) is 10.6. The van der Waals surface area contributed by atoms with E-state index in [4.69, 9.17) is 19.9 Å². The summed E-state index contributed by atoms with van der Waals surface area (Å²) in [5, 5.41) is 9.68. The molecule has 0 spiro atoms. The Kier molecular flexibility index (Phi) is 18.0. The molecule has 436 valence electrons. The molecule has 5 aromatic rings. The number of amidine groups is 1. The number of amides is 6. The summed E-state index contributed by atoms with van der Waals surface area (Å²) in [6.07, 6.45) is 1.33. The number of aliphatic imine (C=N–C) groups is 1. The number of nitrogens with two attached hydrogens (primary N) is 1. The van der Waals surface area contributed by atoms with Crippen LogP contribution in [-0.4, -0.2) is 121 Å². The highest BCUT2D eigenvalue weighted by Gasteiger charge is 2.40. The number of alkyl carbamates (subject to hydrolysis) is 1. The Morgan fingerprint density at radius 2 is 1.52 bits per heavy atom. The Morgan fingerprint density at radius 1 is 0.831 bits per heavy atom. The zero-order valence-electron chi connectivity index (χ0n) is 47.5. The Morgan fingerprint density at radius 3 is 2.19 bits per heavy atom. The Labute approximate surface area is 483 Å². The molecule has 6 N–H and O–H groups in total. The number of ether oxygens (including phenoxy) is 3. The van der Waals surface area contributed by atoms with Crippen LogP contribution >= 0.6 is 0 Å². The first-order valence-electron chi connectivity index (χ1n) is 28.0. The van der Waals surface area contributed by atoms with Crippen LogP contribution in [0.1, 0.15) is 95.4 Å². The number of fused-ring (bicyclic) bond motifs is 4. The van der Waals surface area contributed by atoms with Gasteiger partial charge in [0.25, 0.3) is 5.91 Å². The van der Waals surface area contributed by atoms with Crippen LogP contribution in [0.25, 0.3) is 28.3 Å². The molecule has 0 bridgehead atoms. The summed E-state index contributed by atoms with van der Waals surface area (Å²) in [6.45, 7) is 11.9. The number of rotatable bonds is 17.